The predicted molar refractivity (Wildman–Crippen MR) is 70.1 cm³/mol. The third-order valence-electron chi connectivity index (χ3n) is 3.49. The molecule has 2 rings (SSSR count). The largest absolute Gasteiger partial charge is 0.338 e. The molecule has 1 N–H and O–H groups in total. The molecule has 0 radical (unpaired) electrons. The van der Waals surface area contributed by atoms with E-state index in [1.54, 1.807) is 0 Å². The van der Waals surface area contributed by atoms with Gasteiger partial charge in [0.2, 0.25) is 0 Å². The van der Waals surface area contributed by atoms with Crippen LogP contribution in [0.3, 0.4) is 0 Å². The van der Waals surface area contributed by atoms with E-state index in [1.807, 2.05) is 19.4 Å². The zero-order valence-electron chi connectivity index (χ0n) is 11.0. The van der Waals surface area contributed by atoms with Crippen molar-refractivity contribution in [3.8, 4) is 0 Å². The number of imidazole rings is 1. The first-order valence-electron chi connectivity index (χ1n) is 6.72. The van der Waals surface area contributed by atoms with Gasteiger partial charge in [-0.3, -0.25) is 4.90 Å². The molecular formula is C13H24N4. The average molecular weight is 236 g/mol. The number of nitrogens with one attached hydrogen (secondary N) is 1. The maximum atomic E-state index is 4.32. The minimum atomic E-state index is 0.886. The fourth-order valence-electron chi connectivity index (χ4n) is 2.22. The van der Waals surface area contributed by atoms with Crippen LogP contribution in [-0.2, 0) is 13.5 Å². The van der Waals surface area contributed by atoms with Crippen molar-refractivity contribution in [3.63, 3.8) is 0 Å². The molecule has 1 saturated carbocycles. The summed E-state index contributed by atoms with van der Waals surface area (Å²) in [7, 11) is 2.05. The smallest absolute Gasteiger partial charge is 0.109 e. The van der Waals surface area contributed by atoms with Crippen LogP contribution in [0.2, 0.25) is 0 Å². The first kappa shape index (κ1) is 12.6. The van der Waals surface area contributed by atoms with Crippen molar-refractivity contribution in [2.75, 3.05) is 26.2 Å². The molecule has 1 aliphatic rings. The maximum absolute atomic E-state index is 4.32. The van der Waals surface area contributed by atoms with E-state index in [4.69, 9.17) is 0 Å². The summed E-state index contributed by atoms with van der Waals surface area (Å²) >= 11 is 0. The van der Waals surface area contributed by atoms with Crippen molar-refractivity contribution in [2.24, 2.45) is 7.05 Å². The van der Waals surface area contributed by atoms with Gasteiger partial charge in [-0.2, -0.15) is 0 Å². The SMILES string of the molecule is CCN(CCNCCc1nccn1C)C1CC1. The maximum Gasteiger partial charge on any atom is 0.109 e. The summed E-state index contributed by atoms with van der Waals surface area (Å²) in [6, 6.07) is 0.886. The number of aryl methyl sites for hydroxylation is 1. The number of aromatic nitrogens is 2. The van der Waals surface area contributed by atoms with Gasteiger partial charge < -0.3 is 9.88 Å². The Morgan fingerprint density at radius 3 is 2.88 bits per heavy atom. The lowest BCUT2D eigenvalue weighted by Gasteiger charge is -2.19. The molecule has 0 bridgehead atoms. The number of nitrogens with zero attached hydrogens (tertiary/aromatic N) is 3. The van der Waals surface area contributed by atoms with Crippen molar-refractivity contribution < 1.29 is 0 Å². The second-order valence-electron chi connectivity index (χ2n) is 4.81. The van der Waals surface area contributed by atoms with Gasteiger partial charge in [-0.1, -0.05) is 6.92 Å². The molecule has 4 nitrogen and oxygen atoms in total. The lowest BCUT2D eigenvalue weighted by molar-refractivity contribution is 0.277. The predicted octanol–water partition coefficient (Wildman–Crippen LogP) is 1.04. The van der Waals surface area contributed by atoms with Crippen LogP contribution < -0.4 is 5.32 Å². The Morgan fingerprint density at radius 1 is 1.47 bits per heavy atom. The number of hydrogen-bond acceptors (Lipinski definition) is 3. The lowest BCUT2D eigenvalue weighted by Crippen LogP contribution is -2.34. The first-order valence-corrected chi connectivity index (χ1v) is 6.72. The summed E-state index contributed by atoms with van der Waals surface area (Å²) in [6.07, 6.45) is 7.68. The topological polar surface area (TPSA) is 33.1 Å². The number of hydrogen-bond donors (Lipinski definition) is 1. The Labute approximate surface area is 104 Å². The molecule has 1 fully saturated rings. The van der Waals surface area contributed by atoms with E-state index < -0.39 is 0 Å². The fourth-order valence-corrected chi connectivity index (χ4v) is 2.22. The molecule has 0 aliphatic heterocycles. The minimum Gasteiger partial charge on any atom is -0.338 e. The van der Waals surface area contributed by atoms with E-state index in [-0.39, 0.29) is 0 Å². The van der Waals surface area contributed by atoms with Gasteiger partial charge in [0.15, 0.2) is 0 Å². The monoisotopic (exact) mass is 236 g/mol. The summed E-state index contributed by atoms with van der Waals surface area (Å²) in [5, 5.41) is 3.50. The molecule has 1 aromatic rings. The highest BCUT2D eigenvalue weighted by molar-refractivity contribution is 4.91. The highest BCUT2D eigenvalue weighted by atomic mass is 15.2. The van der Waals surface area contributed by atoms with Gasteiger partial charge in [0.1, 0.15) is 5.82 Å². The van der Waals surface area contributed by atoms with Crippen molar-refractivity contribution in [3.05, 3.63) is 18.2 Å². The molecule has 0 spiro atoms. The van der Waals surface area contributed by atoms with Gasteiger partial charge in [0.25, 0.3) is 0 Å². The Morgan fingerprint density at radius 2 is 2.29 bits per heavy atom. The number of rotatable bonds is 8. The third kappa shape index (κ3) is 3.82. The molecule has 17 heavy (non-hydrogen) atoms. The standard InChI is InChI=1S/C13H24N4/c1-3-17(12-4-5-12)11-8-14-7-6-13-15-9-10-16(13)2/h9-10,12,14H,3-8,11H2,1-2H3. The van der Waals surface area contributed by atoms with Crippen molar-refractivity contribution in [1.82, 2.24) is 19.8 Å². The molecule has 1 aliphatic carbocycles. The lowest BCUT2D eigenvalue weighted by atomic mass is 10.4. The second-order valence-corrected chi connectivity index (χ2v) is 4.81. The van der Waals surface area contributed by atoms with Gasteiger partial charge in [0, 0.05) is 51.5 Å². The second kappa shape index (κ2) is 6.17. The molecule has 0 saturated heterocycles. The Hall–Kier alpha value is -0.870. The van der Waals surface area contributed by atoms with Crippen LogP contribution in [-0.4, -0.2) is 46.7 Å². The van der Waals surface area contributed by atoms with E-state index in [0.717, 1.165) is 31.4 Å². The molecular weight excluding hydrogens is 212 g/mol. The van der Waals surface area contributed by atoms with Crippen LogP contribution in [0.1, 0.15) is 25.6 Å². The Balaban J connectivity index is 1.55. The summed E-state index contributed by atoms with van der Waals surface area (Å²) in [6.45, 7) is 6.74. The molecule has 0 unspecified atom stereocenters. The molecule has 4 heteroatoms. The Bertz CT molecular complexity index is 330. The zero-order valence-corrected chi connectivity index (χ0v) is 11.0. The first-order chi connectivity index (χ1) is 8.31. The van der Waals surface area contributed by atoms with Crippen LogP contribution in [0, 0.1) is 0 Å². The van der Waals surface area contributed by atoms with E-state index in [0.29, 0.717) is 0 Å². The minimum absolute atomic E-state index is 0.886. The van der Waals surface area contributed by atoms with Crippen LogP contribution in [0.4, 0.5) is 0 Å². The van der Waals surface area contributed by atoms with E-state index >= 15 is 0 Å². The average Bonchev–Trinajstić information content (AvgIpc) is 3.09. The summed E-state index contributed by atoms with van der Waals surface area (Å²) < 4.78 is 2.09. The molecule has 0 aromatic carbocycles. The fraction of sp³-hybridized carbons (Fsp3) is 0.769. The quantitative estimate of drug-likeness (QED) is 0.685. The molecule has 0 amide bonds. The highest BCUT2D eigenvalue weighted by Gasteiger charge is 2.26. The van der Waals surface area contributed by atoms with E-state index in [9.17, 15) is 0 Å². The van der Waals surface area contributed by atoms with Crippen LogP contribution >= 0.6 is 0 Å². The van der Waals surface area contributed by atoms with Crippen LogP contribution in [0.25, 0.3) is 0 Å². The van der Waals surface area contributed by atoms with Crippen molar-refractivity contribution in [2.45, 2.75) is 32.2 Å². The van der Waals surface area contributed by atoms with Crippen molar-refractivity contribution >= 4 is 0 Å². The van der Waals surface area contributed by atoms with Crippen LogP contribution in [0.15, 0.2) is 12.4 Å². The van der Waals surface area contributed by atoms with Crippen LogP contribution in [0.5, 0.6) is 0 Å². The number of likely N-dealkylation sites (N-methyl/N-ethyl adjacent to an activating group) is 1. The van der Waals surface area contributed by atoms with E-state index in [2.05, 4.69) is 26.7 Å². The summed E-state index contributed by atoms with van der Waals surface area (Å²) in [5.74, 6) is 1.16. The summed E-state index contributed by atoms with van der Waals surface area (Å²) in [4.78, 5) is 6.89. The molecule has 96 valence electrons. The molecule has 1 heterocycles. The van der Waals surface area contributed by atoms with Crippen molar-refractivity contribution in [1.29, 1.82) is 0 Å². The highest BCUT2D eigenvalue weighted by Crippen LogP contribution is 2.25. The van der Waals surface area contributed by atoms with Gasteiger partial charge in [-0.15, -0.1) is 0 Å². The Kier molecular flexibility index (Phi) is 4.57. The van der Waals surface area contributed by atoms with Gasteiger partial charge in [0.05, 0.1) is 0 Å². The van der Waals surface area contributed by atoms with Gasteiger partial charge in [-0.25, -0.2) is 4.98 Å². The molecule has 0 atom stereocenters. The third-order valence-corrected chi connectivity index (χ3v) is 3.49. The van der Waals surface area contributed by atoms with E-state index in [1.165, 1.54) is 25.9 Å². The van der Waals surface area contributed by atoms with Gasteiger partial charge >= 0.3 is 0 Å². The normalized spacial score (nSPS) is 15.7. The summed E-state index contributed by atoms with van der Waals surface area (Å²) in [5.41, 5.74) is 0. The van der Waals surface area contributed by atoms with Gasteiger partial charge in [-0.05, 0) is 19.4 Å². The molecule has 1 aromatic heterocycles. The zero-order chi connectivity index (χ0) is 12.1.